The Hall–Kier alpha value is -0.860. The average molecular weight is 218 g/mol. The molecule has 88 valence electrons. The fourth-order valence-electron chi connectivity index (χ4n) is 2.41. The largest absolute Gasteiger partial charge is 0.326 e. The minimum absolute atomic E-state index is 0.373. The lowest BCUT2D eigenvalue weighted by atomic mass is 10.0. The molecule has 2 unspecified atom stereocenters. The topological polar surface area (TPSA) is 29.3 Å². The molecule has 2 atom stereocenters. The first-order valence-corrected chi connectivity index (χ1v) is 6.29. The molecule has 1 aromatic carbocycles. The van der Waals surface area contributed by atoms with Crippen molar-refractivity contribution in [1.82, 2.24) is 4.90 Å². The highest BCUT2D eigenvalue weighted by Crippen LogP contribution is 2.24. The summed E-state index contributed by atoms with van der Waals surface area (Å²) >= 11 is 0. The summed E-state index contributed by atoms with van der Waals surface area (Å²) in [5, 5.41) is 0. The van der Waals surface area contributed by atoms with Crippen LogP contribution in [0.2, 0.25) is 0 Å². The summed E-state index contributed by atoms with van der Waals surface area (Å²) in [6, 6.07) is 9.86. The molecule has 0 spiro atoms. The van der Waals surface area contributed by atoms with Crippen molar-refractivity contribution in [3.63, 3.8) is 0 Å². The van der Waals surface area contributed by atoms with E-state index in [1.807, 2.05) is 0 Å². The maximum Gasteiger partial charge on any atom is 0.0320 e. The van der Waals surface area contributed by atoms with Gasteiger partial charge in [-0.15, -0.1) is 0 Å². The molecular formula is C14H22N2. The van der Waals surface area contributed by atoms with E-state index >= 15 is 0 Å². The van der Waals surface area contributed by atoms with Crippen molar-refractivity contribution in [3.8, 4) is 0 Å². The lowest BCUT2D eigenvalue weighted by Crippen LogP contribution is -2.28. The maximum atomic E-state index is 5.94. The Morgan fingerprint density at radius 3 is 2.56 bits per heavy atom. The number of likely N-dealkylation sites (tertiary alicyclic amines) is 1. The van der Waals surface area contributed by atoms with Gasteiger partial charge in [0.2, 0.25) is 0 Å². The van der Waals surface area contributed by atoms with Gasteiger partial charge in [0.1, 0.15) is 0 Å². The van der Waals surface area contributed by atoms with Crippen molar-refractivity contribution in [1.29, 1.82) is 0 Å². The Morgan fingerprint density at radius 1 is 1.38 bits per heavy atom. The zero-order valence-electron chi connectivity index (χ0n) is 10.3. The van der Waals surface area contributed by atoms with Crippen LogP contribution >= 0.6 is 0 Å². The molecule has 2 heteroatoms. The highest BCUT2D eigenvalue weighted by molar-refractivity contribution is 5.25. The molecule has 0 aliphatic carbocycles. The first-order valence-electron chi connectivity index (χ1n) is 6.29. The number of hydrogen-bond acceptors (Lipinski definition) is 2. The van der Waals surface area contributed by atoms with E-state index < -0.39 is 0 Å². The van der Waals surface area contributed by atoms with Gasteiger partial charge in [-0.05, 0) is 30.9 Å². The van der Waals surface area contributed by atoms with Crippen molar-refractivity contribution >= 4 is 0 Å². The fraction of sp³-hybridized carbons (Fsp3) is 0.571. The predicted molar refractivity (Wildman–Crippen MR) is 68.4 cm³/mol. The van der Waals surface area contributed by atoms with Crippen LogP contribution < -0.4 is 5.73 Å². The summed E-state index contributed by atoms with van der Waals surface area (Å²) in [4.78, 5) is 2.48. The molecule has 1 aliphatic rings. The lowest BCUT2D eigenvalue weighted by molar-refractivity contribution is 0.260. The Balaban J connectivity index is 2.05. The number of rotatable bonds is 3. The van der Waals surface area contributed by atoms with Gasteiger partial charge in [-0.2, -0.15) is 0 Å². The monoisotopic (exact) mass is 218 g/mol. The van der Waals surface area contributed by atoms with E-state index in [0.29, 0.717) is 12.1 Å². The smallest absolute Gasteiger partial charge is 0.0320 e. The number of benzene rings is 1. The Labute approximate surface area is 98.4 Å². The summed E-state index contributed by atoms with van der Waals surface area (Å²) < 4.78 is 0. The van der Waals surface area contributed by atoms with Gasteiger partial charge in [-0.3, -0.25) is 4.90 Å². The van der Waals surface area contributed by atoms with Crippen molar-refractivity contribution in [2.75, 3.05) is 13.1 Å². The second-order valence-electron chi connectivity index (χ2n) is 4.81. The highest BCUT2D eigenvalue weighted by atomic mass is 15.2. The molecule has 2 N–H and O–H groups in total. The quantitative estimate of drug-likeness (QED) is 0.844. The van der Waals surface area contributed by atoms with E-state index in [4.69, 9.17) is 5.73 Å². The van der Waals surface area contributed by atoms with Crippen LogP contribution in [-0.2, 0) is 6.42 Å². The summed E-state index contributed by atoms with van der Waals surface area (Å²) in [5.41, 5.74) is 8.76. The zero-order valence-corrected chi connectivity index (χ0v) is 10.3. The van der Waals surface area contributed by atoms with Crippen molar-refractivity contribution in [2.45, 2.75) is 38.8 Å². The van der Waals surface area contributed by atoms with Gasteiger partial charge < -0.3 is 5.73 Å². The van der Waals surface area contributed by atoms with Gasteiger partial charge in [-0.1, -0.05) is 31.2 Å². The zero-order chi connectivity index (χ0) is 11.5. The third kappa shape index (κ3) is 2.45. The molecular weight excluding hydrogens is 196 g/mol. The summed E-state index contributed by atoms with van der Waals surface area (Å²) in [5.74, 6) is 0. The van der Waals surface area contributed by atoms with Crippen LogP contribution in [0.4, 0.5) is 0 Å². The molecule has 1 aromatic rings. The number of nitrogens with zero attached hydrogens (tertiary/aromatic N) is 1. The molecule has 1 heterocycles. The molecule has 2 nitrogen and oxygen atoms in total. The Bertz CT molecular complexity index is 331. The fourth-order valence-corrected chi connectivity index (χ4v) is 2.41. The summed E-state index contributed by atoms with van der Waals surface area (Å²) in [6.07, 6.45) is 2.25. The van der Waals surface area contributed by atoms with Gasteiger partial charge in [0.25, 0.3) is 0 Å². The maximum absolute atomic E-state index is 5.94. The van der Waals surface area contributed by atoms with Crippen LogP contribution in [0.15, 0.2) is 24.3 Å². The summed E-state index contributed by atoms with van der Waals surface area (Å²) in [6.45, 7) is 6.64. The average Bonchev–Trinajstić information content (AvgIpc) is 2.75. The van der Waals surface area contributed by atoms with Crippen LogP contribution in [-0.4, -0.2) is 24.0 Å². The molecule has 1 aliphatic heterocycles. The standard InChI is InChI=1S/C14H22N2/c1-3-12-4-6-13(7-5-12)11(2)16-9-8-14(15)10-16/h4-7,11,14H,3,8-10,15H2,1-2H3. The molecule has 16 heavy (non-hydrogen) atoms. The molecule has 0 amide bonds. The van der Waals surface area contributed by atoms with E-state index in [2.05, 4.69) is 43.0 Å². The van der Waals surface area contributed by atoms with E-state index in [9.17, 15) is 0 Å². The van der Waals surface area contributed by atoms with Gasteiger partial charge in [0.05, 0.1) is 0 Å². The van der Waals surface area contributed by atoms with E-state index in [1.54, 1.807) is 0 Å². The molecule has 0 radical (unpaired) electrons. The molecule has 0 aromatic heterocycles. The first-order chi connectivity index (χ1) is 7.70. The first kappa shape index (κ1) is 11.6. The van der Waals surface area contributed by atoms with Gasteiger partial charge >= 0.3 is 0 Å². The minimum Gasteiger partial charge on any atom is -0.326 e. The van der Waals surface area contributed by atoms with E-state index in [0.717, 1.165) is 25.9 Å². The number of hydrogen-bond donors (Lipinski definition) is 1. The lowest BCUT2D eigenvalue weighted by Gasteiger charge is -2.24. The highest BCUT2D eigenvalue weighted by Gasteiger charge is 2.24. The van der Waals surface area contributed by atoms with Gasteiger partial charge in [-0.25, -0.2) is 0 Å². The van der Waals surface area contributed by atoms with Crippen LogP contribution in [0.25, 0.3) is 0 Å². The van der Waals surface area contributed by atoms with E-state index in [-0.39, 0.29) is 0 Å². The van der Waals surface area contributed by atoms with Gasteiger partial charge in [0.15, 0.2) is 0 Å². The van der Waals surface area contributed by atoms with Gasteiger partial charge in [0, 0.05) is 25.2 Å². The van der Waals surface area contributed by atoms with Crippen LogP contribution in [0.5, 0.6) is 0 Å². The Morgan fingerprint density at radius 2 is 2.06 bits per heavy atom. The molecule has 0 bridgehead atoms. The second-order valence-corrected chi connectivity index (χ2v) is 4.81. The second kappa shape index (κ2) is 4.98. The van der Waals surface area contributed by atoms with Crippen molar-refractivity contribution in [2.24, 2.45) is 5.73 Å². The molecule has 1 fully saturated rings. The summed E-state index contributed by atoms with van der Waals surface area (Å²) in [7, 11) is 0. The third-order valence-corrected chi connectivity index (χ3v) is 3.67. The normalized spacial score (nSPS) is 23.6. The van der Waals surface area contributed by atoms with Crippen LogP contribution in [0, 0.1) is 0 Å². The van der Waals surface area contributed by atoms with Crippen LogP contribution in [0.3, 0.4) is 0 Å². The van der Waals surface area contributed by atoms with Crippen molar-refractivity contribution < 1.29 is 0 Å². The minimum atomic E-state index is 0.373. The SMILES string of the molecule is CCc1ccc(C(C)N2CCC(N)C2)cc1. The van der Waals surface area contributed by atoms with Crippen molar-refractivity contribution in [3.05, 3.63) is 35.4 Å². The van der Waals surface area contributed by atoms with Crippen LogP contribution in [0.1, 0.15) is 37.4 Å². The number of nitrogens with two attached hydrogens (primary N) is 1. The molecule has 2 rings (SSSR count). The molecule has 1 saturated heterocycles. The Kier molecular flexibility index (Phi) is 3.62. The third-order valence-electron chi connectivity index (χ3n) is 3.67. The van der Waals surface area contributed by atoms with E-state index in [1.165, 1.54) is 11.1 Å². The number of aryl methyl sites for hydroxylation is 1. The predicted octanol–water partition coefficient (Wildman–Crippen LogP) is 2.34. The molecule has 0 saturated carbocycles.